The SMILES string of the molecule is Cl.NC(=O)c1ccc(-c2ccc(-c3cccc(F)c3)cc2)[nH]1. The minimum atomic E-state index is -0.488. The number of nitrogens with two attached hydrogens (primary N) is 1. The predicted octanol–water partition coefficient (Wildman–Crippen LogP) is 4.01. The lowest BCUT2D eigenvalue weighted by Gasteiger charge is -2.04. The molecule has 0 aliphatic rings. The van der Waals surface area contributed by atoms with Crippen LogP contribution < -0.4 is 5.73 Å². The number of benzene rings is 2. The van der Waals surface area contributed by atoms with Crippen LogP contribution >= 0.6 is 12.4 Å². The molecule has 1 amide bonds. The third-order valence-corrected chi connectivity index (χ3v) is 3.31. The van der Waals surface area contributed by atoms with Gasteiger partial charge in [0.1, 0.15) is 11.5 Å². The topological polar surface area (TPSA) is 58.9 Å². The van der Waals surface area contributed by atoms with Crippen LogP contribution in [0.25, 0.3) is 22.4 Å². The maximum absolute atomic E-state index is 13.2. The number of primary amides is 1. The van der Waals surface area contributed by atoms with Gasteiger partial charge >= 0.3 is 0 Å². The standard InChI is InChI=1S/C17H13FN2O.ClH/c18-14-3-1-2-13(10-14)11-4-6-12(7-5-11)15-8-9-16(20-15)17(19)21;/h1-10,20H,(H2,19,21);1H. The first-order valence-electron chi connectivity index (χ1n) is 6.49. The predicted molar refractivity (Wildman–Crippen MR) is 87.4 cm³/mol. The van der Waals surface area contributed by atoms with Gasteiger partial charge in [-0.05, 0) is 41.0 Å². The van der Waals surface area contributed by atoms with Gasteiger partial charge in [0.15, 0.2) is 0 Å². The Balaban J connectivity index is 0.00000176. The van der Waals surface area contributed by atoms with Gasteiger partial charge in [-0.1, -0.05) is 36.4 Å². The van der Waals surface area contributed by atoms with Crippen LogP contribution in [0.2, 0.25) is 0 Å². The van der Waals surface area contributed by atoms with E-state index in [9.17, 15) is 9.18 Å². The van der Waals surface area contributed by atoms with E-state index in [-0.39, 0.29) is 18.2 Å². The van der Waals surface area contributed by atoms with Crippen molar-refractivity contribution < 1.29 is 9.18 Å². The van der Waals surface area contributed by atoms with Gasteiger partial charge in [-0.25, -0.2) is 4.39 Å². The molecular weight excluding hydrogens is 303 g/mol. The lowest BCUT2D eigenvalue weighted by atomic mass is 10.0. The molecular formula is C17H14ClFN2O. The third kappa shape index (κ3) is 3.18. The number of aromatic nitrogens is 1. The molecule has 0 saturated carbocycles. The van der Waals surface area contributed by atoms with Crippen LogP contribution in [-0.4, -0.2) is 10.9 Å². The highest BCUT2D eigenvalue weighted by Crippen LogP contribution is 2.24. The minimum absolute atomic E-state index is 0. The summed E-state index contributed by atoms with van der Waals surface area (Å²) >= 11 is 0. The zero-order valence-electron chi connectivity index (χ0n) is 11.5. The van der Waals surface area contributed by atoms with Crippen molar-refractivity contribution in [1.82, 2.24) is 4.98 Å². The molecule has 3 rings (SSSR count). The summed E-state index contributed by atoms with van der Waals surface area (Å²) < 4.78 is 13.2. The summed E-state index contributed by atoms with van der Waals surface area (Å²) in [7, 11) is 0. The fourth-order valence-corrected chi connectivity index (χ4v) is 2.22. The molecule has 0 bridgehead atoms. The lowest BCUT2D eigenvalue weighted by Crippen LogP contribution is -2.10. The van der Waals surface area contributed by atoms with Crippen LogP contribution in [0.5, 0.6) is 0 Å². The van der Waals surface area contributed by atoms with E-state index >= 15 is 0 Å². The normalized spacial score (nSPS) is 10.0. The monoisotopic (exact) mass is 316 g/mol. The Bertz CT molecular complexity index is 796. The highest BCUT2D eigenvalue weighted by molar-refractivity contribution is 5.92. The largest absolute Gasteiger partial charge is 0.364 e. The molecule has 3 nitrogen and oxygen atoms in total. The molecule has 0 aliphatic carbocycles. The smallest absolute Gasteiger partial charge is 0.265 e. The number of hydrogen-bond acceptors (Lipinski definition) is 1. The fraction of sp³-hybridized carbons (Fsp3) is 0. The van der Waals surface area contributed by atoms with E-state index in [1.54, 1.807) is 18.2 Å². The van der Waals surface area contributed by atoms with Crippen molar-refractivity contribution in [2.75, 3.05) is 0 Å². The van der Waals surface area contributed by atoms with Gasteiger partial charge in [0.05, 0.1) is 0 Å². The number of rotatable bonds is 3. The Hall–Kier alpha value is -2.59. The van der Waals surface area contributed by atoms with E-state index in [1.165, 1.54) is 12.1 Å². The quantitative estimate of drug-likeness (QED) is 0.753. The van der Waals surface area contributed by atoms with Crippen LogP contribution in [0.3, 0.4) is 0 Å². The first-order chi connectivity index (χ1) is 10.1. The van der Waals surface area contributed by atoms with Crippen molar-refractivity contribution in [1.29, 1.82) is 0 Å². The Kier molecular flexibility index (Phi) is 4.63. The van der Waals surface area contributed by atoms with E-state index in [0.29, 0.717) is 5.69 Å². The van der Waals surface area contributed by atoms with Gasteiger partial charge in [0.25, 0.3) is 5.91 Å². The van der Waals surface area contributed by atoms with Crippen molar-refractivity contribution in [3.8, 4) is 22.4 Å². The summed E-state index contributed by atoms with van der Waals surface area (Å²) in [5, 5.41) is 0. The summed E-state index contributed by atoms with van der Waals surface area (Å²) in [4.78, 5) is 14.0. The Morgan fingerprint density at radius 2 is 1.59 bits per heavy atom. The highest BCUT2D eigenvalue weighted by atomic mass is 35.5. The molecule has 0 fully saturated rings. The second-order valence-corrected chi connectivity index (χ2v) is 4.74. The minimum Gasteiger partial charge on any atom is -0.364 e. The average Bonchev–Trinajstić information content (AvgIpc) is 2.97. The Labute approximate surface area is 133 Å². The molecule has 3 aromatic rings. The zero-order valence-corrected chi connectivity index (χ0v) is 12.4. The molecule has 3 N–H and O–H groups in total. The summed E-state index contributed by atoms with van der Waals surface area (Å²) in [5.74, 6) is -0.746. The molecule has 5 heteroatoms. The van der Waals surface area contributed by atoms with Crippen LogP contribution in [0.15, 0.2) is 60.7 Å². The number of amides is 1. The summed E-state index contributed by atoms with van der Waals surface area (Å²) in [6.45, 7) is 0. The first kappa shape index (κ1) is 15.8. The maximum Gasteiger partial charge on any atom is 0.265 e. The number of carbonyl (C=O) groups is 1. The van der Waals surface area contributed by atoms with Crippen molar-refractivity contribution in [3.05, 3.63) is 72.2 Å². The molecule has 112 valence electrons. The molecule has 0 saturated heterocycles. The second kappa shape index (κ2) is 6.45. The Morgan fingerprint density at radius 3 is 2.18 bits per heavy atom. The molecule has 1 heterocycles. The van der Waals surface area contributed by atoms with E-state index in [1.807, 2.05) is 30.3 Å². The molecule has 0 atom stereocenters. The first-order valence-corrected chi connectivity index (χ1v) is 6.49. The molecule has 2 aromatic carbocycles. The maximum atomic E-state index is 13.2. The van der Waals surface area contributed by atoms with Crippen molar-refractivity contribution >= 4 is 18.3 Å². The molecule has 0 unspecified atom stereocenters. The Morgan fingerprint density at radius 1 is 0.909 bits per heavy atom. The number of nitrogens with one attached hydrogen (secondary N) is 1. The summed E-state index contributed by atoms with van der Waals surface area (Å²) in [6.07, 6.45) is 0. The van der Waals surface area contributed by atoms with Gasteiger partial charge in [0, 0.05) is 5.69 Å². The molecule has 0 spiro atoms. The average molecular weight is 317 g/mol. The summed E-state index contributed by atoms with van der Waals surface area (Å²) in [6, 6.07) is 17.6. The van der Waals surface area contributed by atoms with Crippen LogP contribution in [0, 0.1) is 5.82 Å². The van der Waals surface area contributed by atoms with Crippen molar-refractivity contribution in [3.63, 3.8) is 0 Å². The van der Waals surface area contributed by atoms with Crippen LogP contribution in [-0.2, 0) is 0 Å². The molecule has 22 heavy (non-hydrogen) atoms. The van der Waals surface area contributed by atoms with Crippen LogP contribution in [0.1, 0.15) is 10.5 Å². The molecule has 1 aromatic heterocycles. The number of hydrogen-bond donors (Lipinski definition) is 2. The van der Waals surface area contributed by atoms with Crippen molar-refractivity contribution in [2.24, 2.45) is 5.73 Å². The summed E-state index contributed by atoms with van der Waals surface area (Å²) in [5.41, 5.74) is 9.09. The van der Waals surface area contributed by atoms with Gasteiger partial charge in [-0.3, -0.25) is 4.79 Å². The molecule has 0 radical (unpaired) electrons. The number of H-pyrrole nitrogens is 1. The molecule has 0 aliphatic heterocycles. The third-order valence-electron chi connectivity index (χ3n) is 3.31. The van der Waals surface area contributed by atoms with Gasteiger partial charge in [-0.2, -0.15) is 0 Å². The number of halogens is 2. The number of carbonyl (C=O) groups excluding carboxylic acids is 1. The lowest BCUT2D eigenvalue weighted by molar-refractivity contribution is 0.0996. The number of aromatic amines is 1. The highest BCUT2D eigenvalue weighted by Gasteiger charge is 2.06. The van der Waals surface area contributed by atoms with Crippen LogP contribution in [0.4, 0.5) is 4.39 Å². The van der Waals surface area contributed by atoms with Gasteiger partial charge < -0.3 is 10.7 Å². The zero-order chi connectivity index (χ0) is 14.8. The van der Waals surface area contributed by atoms with E-state index in [0.717, 1.165) is 22.4 Å². The fourth-order valence-electron chi connectivity index (χ4n) is 2.22. The second-order valence-electron chi connectivity index (χ2n) is 4.74. The van der Waals surface area contributed by atoms with E-state index in [2.05, 4.69) is 4.98 Å². The van der Waals surface area contributed by atoms with E-state index in [4.69, 9.17) is 5.73 Å². The van der Waals surface area contributed by atoms with Crippen molar-refractivity contribution in [2.45, 2.75) is 0 Å². The van der Waals surface area contributed by atoms with Gasteiger partial charge in [-0.15, -0.1) is 12.4 Å². The van der Waals surface area contributed by atoms with E-state index < -0.39 is 5.91 Å². The van der Waals surface area contributed by atoms with Gasteiger partial charge in [0.2, 0.25) is 0 Å².